The smallest absolute Gasteiger partial charge is 0.306 e. The number of hydrogen-bond acceptors (Lipinski definition) is 6. The van der Waals surface area contributed by atoms with Crippen LogP contribution in [0.1, 0.15) is 28.1 Å². The van der Waals surface area contributed by atoms with Gasteiger partial charge in [-0.15, -0.1) is 12.4 Å². The van der Waals surface area contributed by atoms with E-state index in [0.29, 0.717) is 30.9 Å². The first-order valence-electron chi connectivity index (χ1n) is 11.6. The number of hydrogen-bond donors (Lipinski definition) is 1. The van der Waals surface area contributed by atoms with Gasteiger partial charge in [-0.3, -0.25) is 9.59 Å². The molecule has 0 spiro atoms. The number of carbonyl (C=O) groups excluding carboxylic acids is 1. The number of rotatable bonds is 13. The highest BCUT2D eigenvalue weighted by Gasteiger charge is 2.18. The minimum Gasteiger partial charge on any atom is -0.497 e. The van der Waals surface area contributed by atoms with Crippen molar-refractivity contribution in [1.82, 2.24) is 4.90 Å². The van der Waals surface area contributed by atoms with Crippen LogP contribution in [0.15, 0.2) is 48.5 Å². The predicted octanol–water partition coefficient (Wildman–Crippen LogP) is 3.62. The molecule has 0 saturated carbocycles. The summed E-state index contributed by atoms with van der Waals surface area (Å²) in [6.45, 7) is 0.549. The average Bonchev–Trinajstić information content (AvgIpc) is 2.74. The van der Waals surface area contributed by atoms with Crippen molar-refractivity contribution < 1.29 is 33.0 Å². The van der Waals surface area contributed by atoms with Crippen molar-refractivity contribution in [3.05, 3.63) is 59.7 Å². The summed E-state index contributed by atoms with van der Waals surface area (Å²) in [7, 11) is 1.19. The third kappa shape index (κ3) is 10.0. The van der Waals surface area contributed by atoms with Crippen LogP contribution < -0.4 is 9.47 Å². The number of benzene rings is 2. The highest BCUT2D eigenvalue weighted by Crippen LogP contribution is 2.22. The Morgan fingerprint density at radius 2 is 1.88 bits per heavy atom. The molecule has 0 bridgehead atoms. The quantitative estimate of drug-likeness (QED) is 0.449. The van der Waals surface area contributed by atoms with Gasteiger partial charge in [-0.05, 0) is 56.3 Å². The number of carbonyl (C=O) groups is 2. The fraction of sp³-hybridized carbons (Fsp3) is 0.417. The SMILES string of the molecule is Cl.[2H]C([2H])([2H])Oc1cccc(CCc2ccccc2OCC(CN(C)C)OC(=O)CCC(=O)O)c1. The largest absolute Gasteiger partial charge is 0.497 e. The Bertz CT molecular complexity index is 955. The number of carboxylic acid groups (broad SMARTS) is 1. The lowest BCUT2D eigenvalue weighted by Crippen LogP contribution is -2.35. The van der Waals surface area contributed by atoms with Crippen molar-refractivity contribution in [2.75, 3.05) is 34.3 Å². The Hall–Kier alpha value is -2.77. The highest BCUT2D eigenvalue weighted by atomic mass is 35.5. The van der Waals surface area contributed by atoms with Crippen molar-refractivity contribution in [2.45, 2.75) is 31.8 Å². The molecule has 1 unspecified atom stereocenters. The summed E-state index contributed by atoms with van der Waals surface area (Å²) in [6, 6.07) is 14.5. The number of carboxylic acids is 1. The molecule has 8 heteroatoms. The van der Waals surface area contributed by atoms with E-state index in [0.717, 1.165) is 11.1 Å². The van der Waals surface area contributed by atoms with Crippen LogP contribution in [0.3, 0.4) is 0 Å². The van der Waals surface area contributed by atoms with Crippen molar-refractivity contribution in [3.8, 4) is 11.5 Å². The predicted molar refractivity (Wildman–Crippen MR) is 125 cm³/mol. The molecule has 0 heterocycles. The Labute approximate surface area is 199 Å². The Morgan fingerprint density at radius 1 is 1.09 bits per heavy atom. The minimum absolute atomic E-state index is 0. The van der Waals surface area contributed by atoms with Crippen LogP contribution in [0, 0.1) is 0 Å². The summed E-state index contributed by atoms with van der Waals surface area (Å²) < 4.78 is 38.1. The number of methoxy groups -OCH3 is 1. The molecule has 2 rings (SSSR count). The van der Waals surface area contributed by atoms with Gasteiger partial charge in [-0.25, -0.2) is 0 Å². The van der Waals surface area contributed by atoms with Crippen LogP contribution in [0.2, 0.25) is 0 Å². The van der Waals surface area contributed by atoms with Gasteiger partial charge in [-0.1, -0.05) is 30.3 Å². The second-order valence-electron chi connectivity index (χ2n) is 7.44. The lowest BCUT2D eigenvalue weighted by molar-refractivity contribution is -0.153. The molecule has 32 heavy (non-hydrogen) atoms. The first-order chi connectivity index (χ1) is 16.0. The summed E-state index contributed by atoms with van der Waals surface area (Å²) in [5.74, 6) is -0.687. The van der Waals surface area contributed by atoms with E-state index >= 15 is 0 Å². The number of ether oxygens (including phenoxy) is 3. The summed E-state index contributed by atoms with van der Waals surface area (Å²) in [4.78, 5) is 24.5. The van der Waals surface area contributed by atoms with E-state index in [1.54, 1.807) is 18.2 Å². The van der Waals surface area contributed by atoms with Gasteiger partial charge in [0, 0.05) is 6.54 Å². The molecule has 0 radical (unpaired) electrons. The van der Waals surface area contributed by atoms with Crippen LogP contribution in [0.5, 0.6) is 11.5 Å². The third-order valence-electron chi connectivity index (χ3n) is 4.51. The Balaban J connectivity index is 0.00000612. The normalized spacial score (nSPS) is 13.2. The van der Waals surface area contributed by atoms with Crippen molar-refractivity contribution >= 4 is 24.3 Å². The maximum Gasteiger partial charge on any atom is 0.306 e. The van der Waals surface area contributed by atoms with Gasteiger partial charge < -0.3 is 24.2 Å². The molecule has 176 valence electrons. The van der Waals surface area contributed by atoms with E-state index in [2.05, 4.69) is 0 Å². The van der Waals surface area contributed by atoms with Gasteiger partial charge in [0.25, 0.3) is 0 Å². The summed E-state index contributed by atoms with van der Waals surface area (Å²) in [5.41, 5.74) is 1.87. The molecule has 0 amide bonds. The van der Waals surface area contributed by atoms with Crippen LogP contribution in [-0.2, 0) is 27.2 Å². The van der Waals surface area contributed by atoms with E-state index in [9.17, 15) is 9.59 Å². The number of aryl methyl sites for hydroxylation is 2. The molecule has 7 nitrogen and oxygen atoms in total. The molecular formula is C24H32ClNO6. The molecule has 2 aromatic rings. The molecule has 0 saturated heterocycles. The van der Waals surface area contributed by atoms with Crippen LogP contribution in [-0.4, -0.2) is 62.3 Å². The fourth-order valence-electron chi connectivity index (χ4n) is 3.06. The maximum atomic E-state index is 12.0. The van der Waals surface area contributed by atoms with Gasteiger partial charge in [0.1, 0.15) is 24.2 Å². The Kier molecular flexibility index (Phi) is 10.0. The molecule has 0 aliphatic heterocycles. The third-order valence-corrected chi connectivity index (χ3v) is 4.51. The van der Waals surface area contributed by atoms with E-state index in [4.69, 9.17) is 23.4 Å². The number of para-hydroxylation sites is 1. The molecule has 2 aromatic carbocycles. The first kappa shape index (κ1) is 22.4. The number of halogens is 1. The second-order valence-corrected chi connectivity index (χ2v) is 7.44. The molecule has 0 aliphatic rings. The van der Waals surface area contributed by atoms with E-state index < -0.39 is 25.1 Å². The summed E-state index contributed by atoms with van der Waals surface area (Å²) in [6.07, 6.45) is 0.252. The van der Waals surface area contributed by atoms with Crippen molar-refractivity contribution in [3.63, 3.8) is 0 Å². The van der Waals surface area contributed by atoms with E-state index in [1.807, 2.05) is 49.3 Å². The van der Waals surface area contributed by atoms with Gasteiger partial charge >= 0.3 is 11.9 Å². The first-order valence-corrected chi connectivity index (χ1v) is 10.1. The van der Waals surface area contributed by atoms with Crippen LogP contribution >= 0.6 is 12.4 Å². The summed E-state index contributed by atoms with van der Waals surface area (Å²) in [5, 5.41) is 8.75. The van der Waals surface area contributed by atoms with Crippen LogP contribution in [0.4, 0.5) is 0 Å². The van der Waals surface area contributed by atoms with E-state index in [-0.39, 0.29) is 31.9 Å². The standard InChI is InChI=1S/C24H31NO6.ClH/c1-25(2)16-21(31-24(28)14-13-23(26)27)17-30-22-10-5-4-8-19(22)12-11-18-7-6-9-20(15-18)29-3;/h4-10,15,21H,11-14,16-17H2,1-3H3,(H,26,27);1H/i3D3;. The minimum atomic E-state index is -2.50. The van der Waals surface area contributed by atoms with Gasteiger partial charge in [-0.2, -0.15) is 0 Å². The zero-order chi connectivity index (χ0) is 25.1. The monoisotopic (exact) mass is 468 g/mol. The van der Waals surface area contributed by atoms with Gasteiger partial charge in [0.15, 0.2) is 0 Å². The lowest BCUT2D eigenvalue weighted by Gasteiger charge is -2.22. The molecule has 0 aliphatic carbocycles. The Morgan fingerprint density at radius 3 is 2.59 bits per heavy atom. The average molecular weight is 469 g/mol. The zero-order valence-corrected chi connectivity index (χ0v) is 19.1. The molecule has 1 N–H and O–H groups in total. The molecular weight excluding hydrogens is 434 g/mol. The number of esters is 1. The topological polar surface area (TPSA) is 85.3 Å². The van der Waals surface area contributed by atoms with Crippen molar-refractivity contribution in [2.24, 2.45) is 0 Å². The lowest BCUT2D eigenvalue weighted by atomic mass is 10.0. The number of likely N-dealkylation sites (N-methyl/N-ethyl adjacent to an activating group) is 1. The van der Waals surface area contributed by atoms with Crippen molar-refractivity contribution in [1.29, 1.82) is 0 Å². The maximum absolute atomic E-state index is 12.0. The van der Waals surface area contributed by atoms with Gasteiger partial charge in [0.05, 0.1) is 24.0 Å². The zero-order valence-electron chi connectivity index (χ0n) is 21.3. The number of nitrogens with zero attached hydrogens (tertiary/aromatic N) is 1. The highest BCUT2D eigenvalue weighted by molar-refractivity contribution is 5.85. The fourth-order valence-corrected chi connectivity index (χ4v) is 3.06. The van der Waals surface area contributed by atoms with Crippen LogP contribution in [0.25, 0.3) is 0 Å². The summed E-state index contributed by atoms with van der Waals surface area (Å²) >= 11 is 0. The molecule has 1 atom stereocenters. The molecule has 0 fully saturated rings. The number of aliphatic carboxylic acids is 1. The second kappa shape index (κ2) is 14.3. The van der Waals surface area contributed by atoms with E-state index in [1.165, 1.54) is 0 Å². The molecule has 0 aromatic heterocycles. The van der Waals surface area contributed by atoms with Gasteiger partial charge in [0.2, 0.25) is 0 Å².